The number of thioether (sulfide) groups is 1. The molecule has 0 atom stereocenters. The van der Waals surface area contributed by atoms with Crippen LogP contribution >= 0.6 is 27.7 Å². The number of benzene rings is 1. The molecule has 1 N–H and O–H groups in total. The molecular formula is C9H7BrF3NOS. The molecule has 0 bridgehead atoms. The van der Waals surface area contributed by atoms with Crippen LogP contribution in [-0.2, 0) is 4.79 Å². The minimum absolute atomic E-state index is 0.104. The third-order valence-corrected chi connectivity index (χ3v) is 3.38. The summed E-state index contributed by atoms with van der Waals surface area (Å²) >= 11 is 4.64. The lowest BCUT2D eigenvalue weighted by atomic mass is 10.3. The van der Waals surface area contributed by atoms with Gasteiger partial charge in [0.1, 0.15) is 0 Å². The van der Waals surface area contributed by atoms with Gasteiger partial charge in [-0.2, -0.15) is 13.2 Å². The lowest BCUT2D eigenvalue weighted by Gasteiger charge is -2.09. The fourth-order valence-corrected chi connectivity index (χ4v) is 2.27. The Balaban J connectivity index is 2.84. The molecule has 2 nitrogen and oxygen atoms in total. The highest BCUT2D eigenvalue weighted by molar-refractivity contribution is 9.10. The minimum atomic E-state index is -4.87. The van der Waals surface area contributed by atoms with Gasteiger partial charge in [0.2, 0.25) is 0 Å². The van der Waals surface area contributed by atoms with Crippen LogP contribution in [0.15, 0.2) is 27.6 Å². The van der Waals surface area contributed by atoms with Gasteiger partial charge in [0, 0.05) is 15.1 Å². The number of hydrogen-bond acceptors (Lipinski definition) is 2. The van der Waals surface area contributed by atoms with Crippen molar-refractivity contribution in [3.63, 3.8) is 0 Å². The van der Waals surface area contributed by atoms with E-state index in [4.69, 9.17) is 0 Å². The van der Waals surface area contributed by atoms with E-state index in [-0.39, 0.29) is 5.69 Å². The SMILES string of the molecule is CSc1ccc(NC(=O)C(F)(F)F)cc1Br. The molecule has 1 aromatic rings. The monoisotopic (exact) mass is 313 g/mol. The molecule has 16 heavy (non-hydrogen) atoms. The average Bonchev–Trinajstić information content (AvgIpc) is 2.16. The number of carbonyl (C=O) groups excluding carboxylic acids is 1. The molecule has 0 saturated heterocycles. The van der Waals surface area contributed by atoms with Crippen molar-refractivity contribution >= 4 is 39.3 Å². The van der Waals surface area contributed by atoms with E-state index in [1.807, 2.05) is 6.26 Å². The highest BCUT2D eigenvalue weighted by Crippen LogP contribution is 2.29. The highest BCUT2D eigenvalue weighted by Gasteiger charge is 2.38. The second-order valence-corrected chi connectivity index (χ2v) is 4.50. The van der Waals surface area contributed by atoms with E-state index in [1.54, 1.807) is 11.4 Å². The van der Waals surface area contributed by atoms with Crippen molar-refractivity contribution in [2.45, 2.75) is 11.1 Å². The number of amides is 1. The highest BCUT2D eigenvalue weighted by atomic mass is 79.9. The second-order valence-electron chi connectivity index (χ2n) is 2.80. The van der Waals surface area contributed by atoms with Gasteiger partial charge >= 0.3 is 12.1 Å². The molecule has 1 rings (SSSR count). The van der Waals surface area contributed by atoms with Crippen molar-refractivity contribution in [1.29, 1.82) is 0 Å². The Morgan fingerprint density at radius 3 is 2.50 bits per heavy atom. The molecule has 0 radical (unpaired) electrons. The summed E-state index contributed by atoms with van der Waals surface area (Å²) in [6.07, 6.45) is -3.03. The normalized spacial score (nSPS) is 11.3. The number of carbonyl (C=O) groups is 1. The van der Waals surface area contributed by atoms with Crippen LogP contribution in [0.25, 0.3) is 0 Å². The Bertz CT molecular complexity index is 408. The van der Waals surface area contributed by atoms with Gasteiger partial charge in [0.25, 0.3) is 0 Å². The van der Waals surface area contributed by atoms with Crippen LogP contribution in [0.1, 0.15) is 0 Å². The number of rotatable bonds is 2. The third kappa shape index (κ3) is 3.41. The fourth-order valence-electron chi connectivity index (χ4n) is 0.946. The van der Waals surface area contributed by atoms with Crippen LogP contribution in [0.2, 0.25) is 0 Å². The summed E-state index contributed by atoms with van der Waals surface area (Å²) in [5, 5.41) is 1.77. The van der Waals surface area contributed by atoms with Crippen molar-refractivity contribution in [2.24, 2.45) is 0 Å². The van der Waals surface area contributed by atoms with E-state index in [1.165, 1.54) is 23.9 Å². The van der Waals surface area contributed by atoms with Crippen molar-refractivity contribution in [1.82, 2.24) is 0 Å². The lowest BCUT2D eigenvalue weighted by molar-refractivity contribution is -0.167. The summed E-state index contributed by atoms with van der Waals surface area (Å²) in [6, 6.07) is 4.47. The number of nitrogens with one attached hydrogen (secondary N) is 1. The minimum Gasteiger partial charge on any atom is -0.318 e. The van der Waals surface area contributed by atoms with Gasteiger partial charge in [-0.25, -0.2) is 0 Å². The number of alkyl halides is 3. The first-order chi connectivity index (χ1) is 7.34. The van der Waals surface area contributed by atoms with Crippen molar-refractivity contribution < 1.29 is 18.0 Å². The maximum Gasteiger partial charge on any atom is 0.471 e. The van der Waals surface area contributed by atoms with Crippen molar-refractivity contribution in [3.05, 3.63) is 22.7 Å². The molecule has 7 heteroatoms. The molecule has 0 aliphatic heterocycles. The van der Waals surface area contributed by atoms with E-state index >= 15 is 0 Å². The first-order valence-electron chi connectivity index (χ1n) is 4.06. The largest absolute Gasteiger partial charge is 0.471 e. The summed E-state index contributed by atoms with van der Waals surface area (Å²) in [6.45, 7) is 0. The molecule has 1 aromatic carbocycles. The number of halogens is 4. The molecule has 0 aliphatic rings. The van der Waals surface area contributed by atoms with Gasteiger partial charge in [-0.05, 0) is 40.4 Å². The Hall–Kier alpha value is -0.690. The summed E-state index contributed by atoms with van der Waals surface area (Å²) in [5.74, 6) is -1.98. The molecule has 0 heterocycles. The summed E-state index contributed by atoms with van der Waals surface area (Å²) in [4.78, 5) is 11.5. The van der Waals surface area contributed by atoms with Crippen LogP contribution in [0.4, 0.5) is 18.9 Å². The predicted octanol–water partition coefficient (Wildman–Crippen LogP) is 3.67. The zero-order valence-electron chi connectivity index (χ0n) is 8.06. The Kier molecular flexibility index (Phi) is 4.26. The van der Waals surface area contributed by atoms with Crippen LogP contribution in [0.5, 0.6) is 0 Å². The molecule has 0 saturated carbocycles. The van der Waals surface area contributed by atoms with Gasteiger partial charge < -0.3 is 5.32 Å². The maximum atomic E-state index is 12.0. The molecule has 88 valence electrons. The van der Waals surface area contributed by atoms with Gasteiger partial charge in [0.05, 0.1) is 0 Å². The molecular weight excluding hydrogens is 307 g/mol. The first kappa shape index (κ1) is 13.4. The Labute approximate surface area is 103 Å². The van der Waals surface area contributed by atoms with E-state index in [9.17, 15) is 18.0 Å². The second kappa shape index (κ2) is 5.09. The van der Waals surface area contributed by atoms with E-state index in [0.29, 0.717) is 4.47 Å². The molecule has 0 spiro atoms. The van der Waals surface area contributed by atoms with E-state index in [2.05, 4.69) is 15.9 Å². The van der Waals surface area contributed by atoms with Crippen molar-refractivity contribution in [3.8, 4) is 0 Å². The molecule has 0 unspecified atom stereocenters. The number of anilines is 1. The maximum absolute atomic E-state index is 12.0. The van der Waals surface area contributed by atoms with Gasteiger partial charge in [-0.3, -0.25) is 4.79 Å². The van der Waals surface area contributed by atoms with Crippen LogP contribution < -0.4 is 5.32 Å². The van der Waals surface area contributed by atoms with E-state index < -0.39 is 12.1 Å². The Morgan fingerprint density at radius 1 is 1.44 bits per heavy atom. The van der Waals surface area contributed by atoms with Gasteiger partial charge in [-0.1, -0.05) is 0 Å². The predicted molar refractivity (Wildman–Crippen MR) is 60.6 cm³/mol. The summed E-state index contributed by atoms with van der Waals surface area (Å²) in [5.41, 5.74) is 0.104. The lowest BCUT2D eigenvalue weighted by Crippen LogP contribution is -2.29. The first-order valence-corrected chi connectivity index (χ1v) is 6.08. The van der Waals surface area contributed by atoms with Gasteiger partial charge in [0.15, 0.2) is 0 Å². The molecule has 0 aliphatic carbocycles. The quantitative estimate of drug-likeness (QED) is 0.844. The summed E-state index contributed by atoms with van der Waals surface area (Å²) < 4.78 is 36.5. The zero-order valence-corrected chi connectivity index (χ0v) is 10.5. The van der Waals surface area contributed by atoms with Crippen LogP contribution in [0.3, 0.4) is 0 Å². The van der Waals surface area contributed by atoms with Crippen LogP contribution in [-0.4, -0.2) is 18.3 Å². The molecule has 0 fully saturated rings. The smallest absolute Gasteiger partial charge is 0.318 e. The molecule has 1 amide bonds. The number of hydrogen-bond donors (Lipinski definition) is 1. The van der Waals surface area contributed by atoms with E-state index in [0.717, 1.165) is 4.90 Å². The standard InChI is InChI=1S/C9H7BrF3NOS/c1-16-7-3-2-5(4-6(7)10)14-8(15)9(11,12)13/h2-4H,1H3,(H,14,15). The van der Waals surface area contributed by atoms with Crippen molar-refractivity contribution in [2.75, 3.05) is 11.6 Å². The Morgan fingerprint density at radius 2 is 2.06 bits per heavy atom. The third-order valence-electron chi connectivity index (χ3n) is 1.67. The average molecular weight is 314 g/mol. The molecule has 0 aromatic heterocycles. The van der Waals surface area contributed by atoms with Crippen LogP contribution in [0, 0.1) is 0 Å². The fraction of sp³-hybridized carbons (Fsp3) is 0.222. The summed E-state index contributed by atoms with van der Waals surface area (Å²) in [7, 11) is 0. The zero-order chi connectivity index (χ0) is 12.3. The topological polar surface area (TPSA) is 29.1 Å². The van der Waals surface area contributed by atoms with Gasteiger partial charge in [-0.15, -0.1) is 11.8 Å².